The van der Waals surface area contributed by atoms with Crippen LogP contribution in [0.1, 0.15) is 19.4 Å². The van der Waals surface area contributed by atoms with Crippen LogP contribution < -0.4 is 0 Å². The lowest BCUT2D eigenvalue weighted by atomic mass is 10.1. The van der Waals surface area contributed by atoms with Crippen molar-refractivity contribution >= 4 is 6.29 Å². The summed E-state index contributed by atoms with van der Waals surface area (Å²) in [5, 5.41) is 0. The SMILES string of the molecule is CC1(C)O[C@@H]2[C@H](O1)[C@@H](COCc1ccccc1)O[C@@H]2C=O. The van der Waals surface area contributed by atoms with E-state index in [4.69, 9.17) is 18.9 Å². The number of carbonyl (C=O) groups excluding carboxylic acids is 1. The van der Waals surface area contributed by atoms with Crippen LogP contribution in [0.3, 0.4) is 0 Å². The van der Waals surface area contributed by atoms with Gasteiger partial charge in [0.1, 0.15) is 24.4 Å². The quantitative estimate of drug-likeness (QED) is 0.773. The molecule has 2 fully saturated rings. The maximum Gasteiger partial charge on any atom is 0.164 e. The van der Waals surface area contributed by atoms with Crippen LogP contribution in [-0.2, 0) is 30.3 Å². The van der Waals surface area contributed by atoms with Crippen molar-refractivity contribution in [2.24, 2.45) is 0 Å². The van der Waals surface area contributed by atoms with Gasteiger partial charge in [-0.25, -0.2) is 0 Å². The van der Waals surface area contributed by atoms with Crippen LogP contribution in [0.4, 0.5) is 0 Å². The van der Waals surface area contributed by atoms with Crippen molar-refractivity contribution in [3.05, 3.63) is 35.9 Å². The molecular formula is C16H20O5. The largest absolute Gasteiger partial charge is 0.374 e. The summed E-state index contributed by atoms with van der Waals surface area (Å²) in [5.41, 5.74) is 1.10. The predicted molar refractivity (Wildman–Crippen MR) is 74.6 cm³/mol. The van der Waals surface area contributed by atoms with Gasteiger partial charge in [-0.05, 0) is 19.4 Å². The first-order valence-electron chi connectivity index (χ1n) is 7.17. The minimum Gasteiger partial charge on any atom is -0.374 e. The van der Waals surface area contributed by atoms with E-state index < -0.39 is 11.9 Å². The monoisotopic (exact) mass is 292 g/mol. The summed E-state index contributed by atoms with van der Waals surface area (Å²) < 4.78 is 22.9. The molecule has 4 atom stereocenters. The number of carbonyl (C=O) groups is 1. The lowest BCUT2D eigenvalue weighted by Crippen LogP contribution is -2.32. The van der Waals surface area contributed by atoms with E-state index in [9.17, 15) is 4.79 Å². The van der Waals surface area contributed by atoms with Crippen LogP contribution in [0, 0.1) is 0 Å². The Balaban J connectivity index is 1.57. The number of benzene rings is 1. The van der Waals surface area contributed by atoms with Gasteiger partial charge in [-0.3, -0.25) is 0 Å². The molecule has 5 heteroatoms. The fourth-order valence-electron chi connectivity index (χ4n) is 2.83. The molecule has 3 rings (SSSR count). The Hall–Kier alpha value is -1.27. The summed E-state index contributed by atoms with van der Waals surface area (Å²) in [5.74, 6) is -0.682. The zero-order valence-corrected chi connectivity index (χ0v) is 12.2. The van der Waals surface area contributed by atoms with Gasteiger partial charge in [0.15, 0.2) is 12.1 Å². The van der Waals surface area contributed by atoms with Gasteiger partial charge in [-0.1, -0.05) is 30.3 Å². The van der Waals surface area contributed by atoms with Gasteiger partial charge in [0.2, 0.25) is 0 Å². The molecule has 5 nitrogen and oxygen atoms in total. The number of rotatable bonds is 5. The van der Waals surface area contributed by atoms with Gasteiger partial charge in [-0.15, -0.1) is 0 Å². The first-order valence-corrected chi connectivity index (χ1v) is 7.17. The van der Waals surface area contributed by atoms with E-state index in [1.165, 1.54) is 0 Å². The standard InChI is InChI=1S/C16H20O5/c1-16(2)20-14-12(8-17)19-13(15(14)21-16)10-18-9-11-6-4-3-5-7-11/h3-8,12-15H,9-10H2,1-2H3/t12-,13-,14+,15-/m1/s1. The minimum atomic E-state index is -0.682. The molecule has 0 aromatic heterocycles. The highest BCUT2D eigenvalue weighted by atomic mass is 16.8. The normalized spacial score (nSPS) is 33.8. The summed E-state index contributed by atoms with van der Waals surface area (Å²) in [4.78, 5) is 11.1. The van der Waals surface area contributed by atoms with Gasteiger partial charge >= 0.3 is 0 Å². The second-order valence-electron chi connectivity index (χ2n) is 5.84. The van der Waals surface area contributed by atoms with Gasteiger partial charge in [0, 0.05) is 0 Å². The molecule has 0 bridgehead atoms. The molecule has 21 heavy (non-hydrogen) atoms. The molecule has 0 unspecified atom stereocenters. The molecular weight excluding hydrogens is 272 g/mol. The molecule has 0 spiro atoms. The Kier molecular flexibility index (Phi) is 4.08. The Morgan fingerprint density at radius 1 is 1.19 bits per heavy atom. The molecule has 2 heterocycles. The summed E-state index contributed by atoms with van der Waals surface area (Å²) in [6, 6.07) is 9.92. The van der Waals surface area contributed by atoms with Crippen molar-refractivity contribution < 1.29 is 23.7 Å². The van der Waals surface area contributed by atoms with Crippen LogP contribution >= 0.6 is 0 Å². The second-order valence-corrected chi connectivity index (χ2v) is 5.84. The second kappa shape index (κ2) is 5.85. The van der Waals surface area contributed by atoms with Crippen molar-refractivity contribution in [3.63, 3.8) is 0 Å². The number of hydrogen-bond donors (Lipinski definition) is 0. The van der Waals surface area contributed by atoms with E-state index in [2.05, 4.69) is 0 Å². The molecule has 2 saturated heterocycles. The molecule has 0 radical (unpaired) electrons. The first-order chi connectivity index (χ1) is 10.1. The third-order valence-corrected chi connectivity index (χ3v) is 3.71. The zero-order valence-electron chi connectivity index (χ0n) is 12.2. The van der Waals surface area contributed by atoms with Crippen LogP contribution in [-0.4, -0.2) is 43.1 Å². The lowest BCUT2D eigenvalue weighted by molar-refractivity contribution is -0.190. The Bertz CT molecular complexity index is 487. The Morgan fingerprint density at radius 2 is 1.90 bits per heavy atom. The van der Waals surface area contributed by atoms with Gasteiger partial charge in [-0.2, -0.15) is 0 Å². The summed E-state index contributed by atoms with van der Waals surface area (Å²) >= 11 is 0. The van der Waals surface area contributed by atoms with E-state index in [0.29, 0.717) is 13.2 Å². The predicted octanol–water partition coefficient (Wildman–Crippen LogP) is 1.69. The molecule has 114 valence electrons. The average molecular weight is 292 g/mol. The van der Waals surface area contributed by atoms with Crippen LogP contribution in [0.25, 0.3) is 0 Å². The molecule has 1 aromatic rings. The first kappa shape index (κ1) is 14.7. The van der Waals surface area contributed by atoms with Gasteiger partial charge < -0.3 is 23.7 Å². The third-order valence-electron chi connectivity index (χ3n) is 3.71. The maximum atomic E-state index is 11.1. The zero-order chi connectivity index (χ0) is 14.9. The summed E-state index contributed by atoms with van der Waals surface area (Å²) in [6.07, 6.45) is -0.689. The highest BCUT2D eigenvalue weighted by Crippen LogP contribution is 2.38. The van der Waals surface area contributed by atoms with Crippen molar-refractivity contribution in [1.29, 1.82) is 0 Å². The molecule has 0 amide bonds. The Morgan fingerprint density at radius 3 is 2.62 bits per heavy atom. The van der Waals surface area contributed by atoms with Crippen molar-refractivity contribution in [3.8, 4) is 0 Å². The van der Waals surface area contributed by atoms with Crippen molar-refractivity contribution in [1.82, 2.24) is 0 Å². The molecule has 2 aliphatic heterocycles. The molecule has 1 aromatic carbocycles. The van der Waals surface area contributed by atoms with E-state index >= 15 is 0 Å². The maximum absolute atomic E-state index is 11.1. The van der Waals surface area contributed by atoms with Gasteiger partial charge in [0.25, 0.3) is 0 Å². The van der Waals surface area contributed by atoms with Crippen molar-refractivity contribution in [2.45, 2.75) is 50.7 Å². The highest BCUT2D eigenvalue weighted by molar-refractivity contribution is 5.58. The summed E-state index contributed by atoms with van der Waals surface area (Å²) in [7, 11) is 0. The van der Waals surface area contributed by atoms with E-state index in [-0.39, 0.29) is 18.3 Å². The molecule has 0 aliphatic carbocycles. The number of fused-ring (bicyclic) bond motifs is 1. The molecule has 2 aliphatic rings. The lowest BCUT2D eigenvalue weighted by Gasteiger charge is -2.22. The third kappa shape index (κ3) is 3.16. The fraction of sp³-hybridized carbons (Fsp3) is 0.562. The Labute approximate surface area is 124 Å². The highest BCUT2D eigenvalue weighted by Gasteiger charge is 2.55. The summed E-state index contributed by atoms with van der Waals surface area (Å²) in [6.45, 7) is 4.57. The van der Waals surface area contributed by atoms with Crippen LogP contribution in [0.5, 0.6) is 0 Å². The number of hydrogen-bond acceptors (Lipinski definition) is 5. The molecule has 0 N–H and O–H groups in total. The molecule has 0 saturated carbocycles. The van der Waals surface area contributed by atoms with E-state index in [1.807, 2.05) is 44.2 Å². The number of aldehydes is 1. The van der Waals surface area contributed by atoms with E-state index in [0.717, 1.165) is 11.8 Å². The topological polar surface area (TPSA) is 54.0 Å². The van der Waals surface area contributed by atoms with Crippen molar-refractivity contribution in [2.75, 3.05) is 6.61 Å². The smallest absolute Gasteiger partial charge is 0.164 e. The van der Waals surface area contributed by atoms with Crippen LogP contribution in [0.15, 0.2) is 30.3 Å². The number of ether oxygens (including phenoxy) is 4. The van der Waals surface area contributed by atoms with E-state index in [1.54, 1.807) is 0 Å². The fourth-order valence-corrected chi connectivity index (χ4v) is 2.83. The van der Waals surface area contributed by atoms with Gasteiger partial charge in [0.05, 0.1) is 13.2 Å². The average Bonchev–Trinajstić information content (AvgIpc) is 2.94. The van der Waals surface area contributed by atoms with Crippen LogP contribution in [0.2, 0.25) is 0 Å². The minimum absolute atomic E-state index is 0.258.